The van der Waals surface area contributed by atoms with Crippen LogP contribution in [-0.2, 0) is 57.0 Å². The molecule has 3 N–H and O–H groups in total. The molecule has 0 aromatic heterocycles. The number of nitrogens with zero attached hydrogens (tertiary/aromatic N) is 2. The Labute approximate surface area is 368 Å². The summed E-state index contributed by atoms with van der Waals surface area (Å²) >= 11 is 0. The van der Waals surface area contributed by atoms with Gasteiger partial charge in [0.05, 0.1) is 48.6 Å². The van der Waals surface area contributed by atoms with Crippen LogP contribution in [-0.4, -0.2) is 182 Å². The number of carbonyl (C=O) groups is 3. The molecule has 4 rings (SSSR count). The molecule has 3 saturated heterocycles. The standard InChI is InChI=1S/C45H76N2O15/c1-25-22-31(20-21-48)41(62-44-39(51)38(47(10)11)40(28(4)58-44)61-37-24-45(7,53)43(52)29(5)57-37)42(54-12)34(59-30(6)49)23-35(50)55-26(2)16-14-13-15-17-33(25)60-36-19-18-32(46(8)9)27(3)56-36/h13-15,17,21,25-29,31-34,36-44,51-53H,16,18-20,22-24H2,1-12H3/b14-13+,17-15+/t25-,26-,27+,28-,29+,31+,32+,33+,34-,36+,37+,38-,39-,40-,41+,42+,43+,44+,45-/m1/s1. The van der Waals surface area contributed by atoms with Gasteiger partial charge in [-0.2, -0.15) is 0 Å². The highest BCUT2D eigenvalue weighted by Crippen LogP contribution is 2.38. The van der Waals surface area contributed by atoms with Crippen molar-refractivity contribution < 1.29 is 72.3 Å². The monoisotopic (exact) mass is 885 g/mol. The summed E-state index contributed by atoms with van der Waals surface area (Å²) in [5, 5.41) is 33.6. The number of aliphatic hydroxyl groups excluding tert-OH is 2. The minimum atomic E-state index is -1.49. The van der Waals surface area contributed by atoms with E-state index >= 15 is 0 Å². The molecule has 17 nitrogen and oxygen atoms in total. The first-order chi connectivity index (χ1) is 29.2. The summed E-state index contributed by atoms with van der Waals surface area (Å²) in [7, 11) is 9.02. The zero-order valence-corrected chi connectivity index (χ0v) is 38.9. The average Bonchev–Trinajstić information content (AvgIpc) is 3.16. The van der Waals surface area contributed by atoms with Crippen molar-refractivity contribution in [3.8, 4) is 0 Å². The zero-order valence-electron chi connectivity index (χ0n) is 38.9. The third-order valence-corrected chi connectivity index (χ3v) is 12.7. The Kier molecular flexibility index (Phi) is 20.0. The molecule has 0 spiro atoms. The summed E-state index contributed by atoms with van der Waals surface area (Å²) in [6.07, 6.45) is -1.81. The van der Waals surface area contributed by atoms with Gasteiger partial charge in [0.25, 0.3) is 0 Å². The van der Waals surface area contributed by atoms with Gasteiger partial charge in [-0.1, -0.05) is 31.2 Å². The first kappa shape index (κ1) is 52.2. The molecule has 4 aliphatic heterocycles. The maximum absolute atomic E-state index is 13.4. The van der Waals surface area contributed by atoms with Crippen molar-refractivity contribution >= 4 is 18.2 Å². The fourth-order valence-electron chi connectivity index (χ4n) is 9.40. The average molecular weight is 885 g/mol. The molecule has 4 heterocycles. The Morgan fingerprint density at radius 3 is 2.19 bits per heavy atom. The molecule has 0 aromatic carbocycles. The van der Waals surface area contributed by atoms with Gasteiger partial charge in [-0.25, -0.2) is 0 Å². The predicted octanol–water partition coefficient (Wildman–Crippen LogP) is 2.90. The smallest absolute Gasteiger partial charge is 0.309 e. The maximum atomic E-state index is 13.4. The lowest BCUT2D eigenvalue weighted by Crippen LogP contribution is -2.65. The molecule has 0 aromatic rings. The Bertz CT molecular complexity index is 1480. The molecule has 0 unspecified atom stereocenters. The summed E-state index contributed by atoms with van der Waals surface area (Å²) in [4.78, 5) is 42.7. The number of esters is 2. The largest absolute Gasteiger partial charge is 0.462 e. The number of aliphatic hydroxyl groups is 3. The molecule has 17 heteroatoms. The summed E-state index contributed by atoms with van der Waals surface area (Å²) < 4.78 is 56.3. The highest BCUT2D eigenvalue weighted by Gasteiger charge is 2.52. The minimum absolute atomic E-state index is 0.0293. The molecule has 19 atom stereocenters. The number of cyclic esters (lactones) is 1. The van der Waals surface area contributed by atoms with E-state index in [0.29, 0.717) is 19.3 Å². The van der Waals surface area contributed by atoms with Crippen LogP contribution in [0.2, 0.25) is 0 Å². The van der Waals surface area contributed by atoms with E-state index in [-0.39, 0.29) is 37.3 Å². The number of hydrogen-bond donors (Lipinski definition) is 3. The molecule has 0 radical (unpaired) electrons. The maximum Gasteiger partial charge on any atom is 0.309 e. The number of methoxy groups -OCH3 is 1. The van der Waals surface area contributed by atoms with Crippen LogP contribution in [0, 0.1) is 11.8 Å². The molecular weight excluding hydrogens is 808 g/mol. The van der Waals surface area contributed by atoms with E-state index in [1.54, 1.807) is 39.8 Å². The summed E-state index contributed by atoms with van der Waals surface area (Å²) in [5.41, 5.74) is -1.49. The second kappa shape index (κ2) is 23.7. The van der Waals surface area contributed by atoms with Crippen molar-refractivity contribution in [2.45, 2.75) is 197 Å². The van der Waals surface area contributed by atoms with E-state index in [0.717, 1.165) is 12.7 Å². The first-order valence-electron chi connectivity index (χ1n) is 22.2. The highest BCUT2D eigenvalue weighted by atomic mass is 16.7. The van der Waals surface area contributed by atoms with Crippen molar-refractivity contribution in [2.75, 3.05) is 35.3 Å². The molecule has 3 fully saturated rings. The quantitative estimate of drug-likeness (QED) is 0.191. The molecule has 0 bridgehead atoms. The van der Waals surface area contributed by atoms with Crippen LogP contribution in [0.1, 0.15) is 93.4 Å². The first-order valence-corrected chi connectivity index (χ1v) is 22.2. The fourth-order valence-corrected chi connectivity index (χ4v) is 9.40. The number of rotatable bonds is 12. The number of allylic oxidation sites excluding steroid dienone is 2. The second-order valence-corrected chi connectivity index (χ2v) is 18.4. The number of aldehydes is 1. The van der Waals surface area contributed by atoms with Crippen molar-refractivity contribution in [3.63, 3.8) is 0 Å². The molecular formula is C45H76N2O15. The number of ether oxygens (including phenoxy) is 9. The third-order valence-electron chi connectivity index (χ3n) is 12.7. The number of hydrogen-bond acceptors (Lipinski definition) is 17. The van der Waals surface area contributed by atoms with Crippen LogP contribution in [0.4, 0.5) is 0 Å². The predicted molar refractivity (Wildman–Crippen MR) is 226 cm³/mol. The fraction of sp³-hybridized carbons (Fsp3) is 0.844. The number of likely N-dealkylation sites (N-methyl/N-ethyl adjacent to an activating group) is 2. The topological polar surface area (TPSA) is 201 Å². The zero-order chi connectivity index (χ0) is 46.1. The van der Waals surface area contributed by atoms with Gasteiger partial charge in [-0.3, -0.25) is 9.59 Å². The van der Waals surface area contributed by atoms with Gasteiger partial charge < -0.3 is 72.5 Å². The van der Waals surface area contributed by atoms with Gasteiger partial charge in [0.15, 0.2) is 18.9 Å². The van der Waals surface area contributed by atoms with Gasteiger partial charge in [0, 0.05) is 39.3 Å². The normalized spacial score (nSPS) is 44.0. The highest BCUT2D eigenvalue weighted by molar-refractivity contribution is 5.72. The van der Waals surface area contributed by atoms with Crippen LogP contribution in [0.3, 0.4) is 0 Å². The van der Waals surface area contributed by atoms with Gasteiger partial charge in [-0.15, -0.1) is 0 Å². The van der Waals surface area contributed by atoms with Crippen molar-refractivity contribution in [3.05, 3.63) is 24.3 Å². The van der Waals surface area contributed by atoms with Gasteiger partial charge in [0.1, 0.15) is 42.9 Å². The van der Waals surface area contributed by atoms with Gasteiger partial charge in [0.2, 0.25) is 0 Å². The molecule has 4 aliphatic rings. The minimum Gasteiger partial charge on any atom is -0.462 e. The summed E-state index contributed by atoms with van der Waals surface area (Å²) in [6, 6.07) is -0.509. The lowest BCUT2D eigenvalue weighted by molar-refractivity contribution is -0.344. The second-order valence-electron chi connectivity index (χ2n) is 18.4. The molecule has 0 aliphatic carbocycles. The lowest BCUT2D eigenvalue weighted by atomic mass is 9.82. The van der Waals surface area contributed by atoms with Crippen LogP contribution >= 0.6 is 0 Å². The third kappa shape index (κ3) is 14.1. The molecule has 0 saturated carbocycles. The summed E-state index contributed by atoms with van der Waals surface area (Å²) in [6.45, 7) is 12.0. The van der Waals surface area contributed by atoms with E-state index < -0.39 is 109 Å². The Morgan fingerprint density at radius 2 is 1.60 bits per heavy atom. The van der Waals surface area contributed by atoms with Crippen LogP contribution in [0.25, 0.3) is 0 Å². The van der Waals surface area contributed by atoms with E-state index in [1.807, 2.05) is 52.2 Å². The van der Waals surface area contributed by atoms with E-state index in [9.17, 15) is 29.7 Å². The summed E-state index contributed by atoms with van der Waals surface area (Å²) in [5.74, 6) is -2.21. The molecule has 0 amide bonds. The SMILES string of the molecule is CO[C@@H]1[C@@H](O[C@@H]2O[C@H](C)[C@@H](O[C@H]3C[C@@](C)(O)[C@@H](O)[C@H](C)O3)[C@H](N(C)C)[C@H]2O)[C@@H](CC=O)C[C@@H](C)[C@@H](O[C@H]2CC[C@H](N(C)C)[C@H](C)O2)/C=C/C=C/C[C@@H](C)OC(=O)C[C@H]1OC(C)=O. The number of carbonyl (C=O) groups excluding carboxylic acids is 3. The Morgan fingerprint density at radius 1 is 0.903 bits per heavy atom. The Balaban J connectivity index is 1.73. The van der Waals surface area contributed by atoms with E-state index in [1.165, 1.54) is 21.0 Å². The van der Waals surface area contributed by atoms with E-state index in [4.69, 9.17) is 42.6 Å². The molecule has 62 heavy (non-hydrogen) atoms. The van der Waals surface area contributed by atoms with Crippen LogP contribution in [0.5, 0.6) is 0 Å². The van der Waals surface area contributed by atoms with Crippen LogP contribution < -0.4 is 0 Å². The van der Waals surface area contributed by atoms with Gasteiger partial charge in [-0.05, 0) is 93.9 Å². The van der Waals surface area contributed by atoms with Crippen molar-refractivity contribution in [2.24, 2.45) is 11.8 Å². The van der Waals surface area contributed by atoms with E-state index in [2.05, 4.69) is 4.90 Å². The van der Waals surface area contributed by atoms with Crippen molar-refractivity contribution in [1.82, 2.24) is 9.80 Å². The lowest BCUT2D eigenvalue weighted by Gasteiger charge is -2.50. The van der Waals surface area contributed by atoms with Gasteiger partial charge >= 0.3 is 11.9 Å². The molecule has 356 valence electrons. The van der Waals surface area contributed by atoms with Crippen molar-refractivity contribution in [1.29, 1.82) is 0 Å². The van der Waals surface area contributed by atoms with Crippen LogP contribution in [0.15, 0.2) is 24.3 Å². The Hall–Kier alpha value is -2.39.